The molecule has 1 aromatic rings. The zero-order valence-electron chi connectivity index (χ0n) is 12.5. The Balaban J connectivity index is 2.29. The number of hydrogen-bond donors (Lipinski definition) is 1. The molecule has 1 saturated heterocycles. The van der Waals surface area contributed by atoms with E-state index in [1.54, 1.807) is 6.07 Å². The maximum Gasteiger partial charge on any atom is 0.320 e. The van der Waals surface area contributed by atoms with Crippen molar-refractivity contribution in [3.8, 4) is 5.75 Å². The fraction of sp³-hybridized carbons (Fsp3) is 0.562. The Hall–Kier alpha value is -1.62. The number of rotatable bonds is 5. The van der Waals surface area contributed by atoms with Crippen molar-refractivity contribution >= 4 is 5.97 Å². The third-order valence-electron chi connectivity index (χ3n) is 4.18. The smallest absolute Gasteiger partial charge is 0.320 e. The Bertz CT molecular complexity index is 506. The van der Waals surface area contributed by atoms with Crippen molar-refractivity contribution in [3.63, 3.8) is 0 Å². The third kappa shape index (κ3) is 3.35. The summed E-state index contributed by atoms with van der Waals surface area (Å²) >= 11 is 0. The van der Waals surface area contributed by atoms with E-state index < -0.39 is 17.8 Å². The minimum Gasteiger partial charge on any atom is -0.494 e. The molecule has 4 nitrogen and oxygen atoms in total. The van der Waals surface area contributed by atoms with Gasteiger partial charge < -0.3 is 9.84 Å². The number of halogens is 1. The molecule has 21 heavy (non-hydrogen) atoms. The van der Waals surface area contributed by atoms with Crippen molar-refractivity contribution in [2.24, 2.45) is 0 Å². The molecule has 0 aromatic heterocycles. The Morgan fingerprint density at radius 3 is 2.86 bits per heavy atom. The van der Waals surface area contributed by atoms with Gasteiger partial charge in [-0.15, -0.1) is 0 Å². The average Bonchev–Trinajstić information content (AvgIpc) is 2.48. The van der Waals surface area contributed by atoms with E-state index in [1.807, 2.05) is 17.9 Å². The molecule has 1 N–H and O–H groups in total. The minimum absolute atomic E-state index is 0.0770. The highest BCUT2D eigenvalue weighted by atomic mass is 19.1. The number of hydrogen-bond acceptors (Lipinski definition) is 3. The van der Waals surface area contributed by atoms with E-state index in [4.69, 9.17) is 4.74 Å². The summed E-state index contributed by atoms with van der Waals surface area (Å²) in [6.45, 7) is 2.74. The standard InChI is InChI=1S/C16H22FNO3/c1-3-13(11-7-8-15(21-2)12(17)10-11)18-9-5-4-6-14(18)16(19)20/h7-8,10,13-14H,3-6,9H2,1-2H3,(H,19,20). The molecule has 5 heteroatoms. The molecular weight excluding hydrogens is 273 g/mol. The fourth-order valence-electron chi connectivity index (χ4n) is 3.14. The zero-order valence-corrected chi connectivity index (χ0v) is 12.5. The molecule has 0 radical (unpaired) electrons. The van der Waals surface area contributed by atoms with Crippen LogP contribution in [0.2, 0.25) is 0 Å². The van der Waals surface area contributed by atoms with Gasteiger partial charge in [-0.1, -0.05) is 19.4 Å². The van der Waals surface area contributed by atoms with Crippen molar-refractivity contribution in [2.75, 3.05) is 13.7 Å². The minimum atomic E-state index is -0.790. The molecule has 0 saturated carbocycles. The number of carbonyl (C=O) groups is 1. The summed E-state index contributed by atoms with van der Waals surface area (Å²) in [5, 5.41) is 9.40. The summed E-state index contributed by atoms with van der Waals surface area (Å²) in [4.78, 5) is 13.4. The molecule has 2 atom stereocenters. The fourth-order valence-corrected chi connectivity index (χ4v) is 3.14. The van der Waals surface area contributed by atoms with E-state index in [1.165, 1.54) is 13.2 Å². The van der Waals surface area contributed by atoms with Crippen molar-refractivity contribution in [1.82, 2.24) is 4.90 Å². The van der Waals surface area contributed by atoms with E-state index in [2.05, 4.69) is 0 Å². The van der Waals surface area contributed by atoms with Crippen LogP contribution in [0.1, 0.15) is 44.2 Å². The van der Waals surface area contributed by atoms with Crippen LogP contribution >= 0.6 is 0 Å². The van der Waals surface area contributed by atoms with Gasteiger partial charge in [0.25, 0.3) is 0 Å². The Labute approximate surface area is 124 Å². The van der Waals surface area contributed by atoms with Crippen LogP contribution in [0.25, 0.3) is 0 Å². The predicted octanol–water partition coefficient (Wildman–Crippen LogP) is 3.22. The topological polar surface area (TPSA) is 49.8 Å². The van der Waals surface area contributed by atoms with Crippen LogP contribution in [-0.2, 0) is 4.79 Å². The van der Waals surface area contributed by atoms with Gasteiger partial charge in [0.05, 0.1) is 7.11 Å². The lowest BCUT2D eigenvalue weighted by molar-refractivity contribution is -0.146. The molecule has 0 amide bonds. The van der Waals surface area contributed by atoms with Crippen LogP contribution in [0.4, 0.5) is 4.39 Å². The molecule has 0 bridgehead atoms. The summed E-state index contributed by atoms with van der Waals surface area (Å²) in [5.74, 6) is -0.985. The second kappa shape index (κ2) is 6.89. The van der Waals surface area contributed by atoms with Crippen molar-refractivity contribution in [2.45, 2.75) is 44.7 Å². The quantitative estimate of drug-likeness (QED) is 0.906. The van der Waals surface area contributed by atoms with Gasteiger partial charge in [-0.25, -0.2) is 4.39 Å². The number of carboxylic acid groups (broad SMARTS) is 1. The van der Waals surface area contributed by atoms with Crippen LogP contribution in [-0.4, -0.2) is 35.7 Å². The van der Waals surface area contributed by atoms with Crippen LogP contribution in [0, 0.1) is 5.82 Å². The first-order valence-electron chi connectivity index (χ1n) is 7.40. The second-order valence-corrected chi connectivity index (χ2v) is 5.41. The lowest BCUT2D eigenvalue weighted by atomic mass is 9.95. The largest absolute Gasteiger partial charge is 0.494 e. The number of nitrogens with zero attached hydrogens (tertiary/aromatic N) is 1. The number of benzene rings is 1. The first-order valence-corrected chi connectivity index (χ1v) is 7.40. The maximum absolute atomic E-state index is 13.9. The number of likely N-dealkylation sites (tertiary alicyclic amines) is 1. The third-order valence-corrected chi connectivity index (χ3v) is 4.18. The van der Waals surface area contributed by atoms with Gasteiger partial charge in [0, 0.05) is 6.04 Å². The van der Waals surface area contributed by atoms with Crippen LogP contribution in [0.15, 0.2) is 18.2 Å². The van der Waals surface area contributed by atoms with Crippen molar-refractivity contribution < 1.29 is 19.0 Å². The number of aliphatic carboxylic acids is 1. The van der Waals surface area contributed by atoms with E-state index >= 15 is 0 Å². The Kier molecular flexibility index (Phi) is 5.17. The van der Waals surface area contributed by atoms with Gasteiger partial charge in [0.1, 0.15) is 6.04 Å². The molecular formula is C16H22FNO3. The van der Waals surface area contributed by atoms with E-state index in [-0.39, 0.29) is 11.8 Å². The van der Waals surface area contributed by atoms with Crippen LogP contribution in [0.5, 0.6) is 5.75 Å². The van der Waals surface area contributed by atoms with E-state index in [0.717, 1.165) is 31.4 Å². The number of carboxylic acids is 1. The first kappa shape index (κ1) is 15.8. The Morgan fingerprint density at radius 1 is 1.52 bits per heavy atom. The Morgan fingerprint density at radius 2 is 2.29 bits per heavy atom. The van der Waals surface area contributed by atoms with Crippen LogP contribution in [0.3, 0.4) is 0 Å². The average molecular weight is 295 g/mol. The molecule has 1 fully saturated rings. The van der Waals surface area contributed by atoms with Crippen molar-refractivity contribution in [1.29, 1.82) is 0 Å². The summed E-state index contributed by atoms with van der Waals surface area (Å²) in [5.41, 5.74) is 0.809. The summed E-state index contributed by atoms with van der Waals surface area (Å²) < 4.78 is 18.8. The summed E-state index contributed by atoms with van der Waals surface area (Å²) in [7, 11) is 1.43. The lowest BCUT2D eigenvalue weighted by Crippen LogP contribution is -2.46. The summed E-state index contributed by atoms with van der Waals surface area (Å²) in [6.07, 6.45) is 3.32. The highest BCUT2D eigenvalue weighted by Crippen LogP contribution is 2.32. The molecule has 0 spiro atoms. The number of ether oxygens (including phenoxy) is 1. The highest BCUT2D eigenvalue weighted by Gasteiger charge is 2.33. The molecule has 1 heterocycles. The SMILES string of the molecule is CCC(c1ccc(OC)c(F)c1)N1CCCCC1C(=O)O. The normalized spacial score (nSPS) is 21.0. The molecule has 116 valence electrons. The molecule has 2 rings (SSSR count). The van der Waals surface area contributed by atoms with E-state index in [0.29, 0.717) is 6.42 Å². The van der Waals surface area contributed by atoms with Gasteiger partial charge >= 0.3 is 5.97 Å². The van der Waals surface area contributed by atoms with Gasteiger partial charge in [-0.05, 0) is 43.5 Å². The van der Waals surface area contributed by atoms with Crippen LogP contribution < -0.4 is 4.74 Å². The molecule has 2 unspecified atom stereocenters. The zero-order chi connectivity index (χ0) is 15.4. The van der Waals surface area contributed by atoms with Gasteiger partial charge in [0.2, 0.25) is 0 Å². The highest BCUT2D eigenvalue weighted by molar-refractivity contribution is 5.73. The lowest BCUT2D eigenvalue weighted by Gasteiger charge is -2.39. The van der Waals surface area contributed by atoms with Gasteiger partial charge in [-0.2, -0.15) is 0 Å². The van der Waals surface area contributed by atoms with Crippen molar-refractivity contribution in [3.05, 3.63) is 29.6 Å². The monoisotopic (exact) mass is 295 g/mol. The molecule has 1 aliphatic heterocycles. The predicted molar refractivity (Wildman–Crippen MR) is 78.0 cm³/mol. The number of methoxy groups -OCH3 is 1. The number of piperidine rings is 1. The molecule has 0 aliphatic carbocycles. The maximum atomic E-state index is 13.9. The summed E-state index contributed by atoms with van der Waals surface area (Å²) in [6, 6.07) is 4.33. The molecule has 1 aromatic carbocycles. The van der Waals surface area contributed by atoms with E-state index in [9.17, 15) is 14.3 Å². The van der Waals surface area contributed by atoms with Gasteiger partial charge in [0.15, 0.2) is 11.6 Å². The van der Waals surface area contributed by atoms with Gasteiger partial charge in [-0.3, -0.25) is 9.69 Å². The molecule has 1 aliphatic rings. The first-order chi connectivity index (χ1) is 10.1. The second-order valence-electron chi connectivity index (χ2n) is 5.41.